The first-order valence-corrected chi connectivity index (χ1v) is 8.40. The number of allylic oxidation sites excluding steroid dienone is 3. The molecular weight excluding hydrogens is 260 g/mol. The van der Waals surface area contributed by atoms with Gasteiger partial charge in [0.2, 0.25) is 10.0 Å². The molecule has 0 aromatic carbocycles. The molecule has 0 saturated carbocycles. The van der Waals surface area contributed by atoms with Gasteiger partial charge in [-0.1, -0.05) is 31.2 Å². The summed E-state index contributed by atoms with van der Waals surface area (Å²) in [6.45, 7) is 4.66. The molecular formula is C14H24N2O2S. The van der Waals surface area contributed by atoms with E-state index in [1.165, 1.54) is 0 Å². The Morgan fingerprint density at radius 1 is 1.32 bits per heavy atom. The Labute approximate surface area is 116 Å². The molecule has 0 spiro atoms. The maximum absolute atomic E-state index is 12.6. The fraction of sp³-hybridized carbons (Fsp3) is 0.714. The number of rotatable bonds is 4. The summed E-state index contributed by atoms with van der Waals surface area (Å²) in [7, 11) is 0.564. The number of hydrogen-bond donors (Lipinski definition) is 0. The number of hydrogen-bond acceptors (Lipinski definition) is 3. The van der Waals surface area contributed by atoms with Gasteiger partial charge < -0.3 is 4.90 Å². The zero-order chi connectivity index (χ0) is 14.0. The second-order valence-corrected chi connectivity index (χ2v) is 8.03. The fourth-order valence-electron chi connectivity index (χ4n) is 2.92. The smallest absolute Gasteiger partial charge is 0.220 e. The largest absolute Gasteiger partial charge is 0.306 e. The molecule has 4 nitrogen and oxygen atoms in total. The fourth-order valence-corrected chi connectivity index (χ4v) is 4.68. The predicted molar refractivity (Wildman–Crippen MR) is 78.4 cm³/mol. The van der Waals surface area contributed by atoms with Gasteiger partial charge in [0.15, 0.2) is 0 Å². The Morgan fingerprint density at radius 2 is 2.00 bits per heavy atom. The van der Waals surface area contributed by atoms with Crippen LogP contribution in [0.2, 0.25) is 0 Å². The number of likely N-dealkylation sites (tertiary alicyclic amines) is 1. The van der Waals surface area contributed by atoms with Crippen LogP contribution in [0.3, 0.4) is 0 Å². The highest BCUT2D eigenvalue weighted by atomic mass is 32.2. The highest BCUT2D eigenvalue weighted by Crippen LogP contribution is 2.24. The van der Waals surface area contributed by atoms with Gasteiger partial charge in [-0.05, 0) is 31.8 Å². The Kier molecular flexibility index (Phi) is 4.48. The molecule has 0 bridgehead atoms. The molecule has 1 saturated heterocycles. The maximum Gasteiger partial charge on any atom is 0.220 e. The minimum Gasteiger partial charge on any atom is -0.306 e. The lowest BCUT2D eigenvalue weighted by Gasteiger charge is -2.28. The van der Waals surface area contributed by atoms with Gasteiger partial charge in [0.05, 0.1) is 5.25 Å². The van der Waals surface area contributed by atoms with Crippen LogP contribution in [0.5, 0.6) is 0 Å². The second-order valence-electron chi connectivity index (χ2n) is 5.84. The third-order valence-corrected chi connectivity index (χ3v) is 6.42. The van der Waals surface area contributed by atoms with Crippen LogP contribution in [0.1, 0.15) is 13.3 Å². The van der Waals surface area contributed by atoms with Crippen LogP contribution in [-0.2, 0) is 10.0 Å². The quantitative estimate of drug-likeness (QED) is 0.782. The molecule has 0 aromatic rings. The van der Waals surface area contributed by atoms with Gasteiger partial charge in [0.1, 0.15) is 0 Å². The molecule has 3 atom stereocenters. The van der Waals surface area contributed by atoms with E-state index in [1.54, 1.807) is 17.4 Å². The molecule has 1 fully saturated rings. The molecule has 19 heavy (non-hydrogen) atoms. The van der Waals surface area contributed by atoms with Crippen molar-refractivity contribution in [3.63, 3.8) is 0 Å². The lowest BCUT2D eigenvalue weighted by Crippen LogP contribution is -2.41. The molecule has 0 N–H and O–H groups in total. The van der Waals surface area contributed by atoms with E-state index in [-0.39, 0.29) is 5.92 Å². The van der Waals surface area contributed by atoms with Crippen LogP contribution in [0.25, 0.3) is 0 Å². The van der Waals surface area contributed by atoms with E-state index in [2.05, 4.69) is 11.9 Å². The van der Waals surface area contributed by atoms with Gasteiger partial charge in [-0.3, -0.25) is 0 Å². The third kappa shape index (κ3) is 3.27. The van der Waals surface area contributed by atoms with Crippen molar-refractivity contribution >= 4 is 10.0 Å². The molecule has 0 radical (unpaired) electrons. The summed E-state index contributed by atoms with van der Waals surface area (Å²) >= 11 is 0. The van der Waals surface area contributed by atoms with Crippen molar-refractivity contribution in [3.05, 3.63) is 24.3 Å². The van der Waals surface area contributed by atoms with Gasteiger partial charge in [-0.25, -0.2) is 12.7 Å². The molecule has 0 amide bonds. The average molecular weight is 284 g/mol. The molecule has 1 heterocycles. The summed E-state index contributed by atoms with van der Waals surface area (Å²) in [4.78, 5) is 2.26. The summed E-state index contributed by atoms with van der Waals surface area (Å²) in [6, 6.07) is 0. The first-order chi connectivity index (χ1) is 8.91. The summed E-state index contributed by atoms with van der Waals surface area (Å²) in [5.41, 5.74) is 0. The van der Waals surface area contributed by atoms with Gasteiger partial charge in [0.25, 0.3) is 0 Å². The van der Waals surface area contributed by atoms with Gasteiger partial charge in [-0.2, -0.15) is 0 Å². The number of nitrogens with zero attached hydrogens (tertiary/aromatic N) is 2. The molecule has 1 aliphatic carbocycles. The normalized spacial score (nSPS) is 32.3. The highest BCUT2D eigenvalue weighted by molar-refractivity contribution is 7.89. The van der Waals surface area contributed by atoms with Crippen molar-refractivity contribution in [2.24, 2.45) is 11.8 Å². The van der Waals surface area contributed by atoms with Crippen molar-refractivity contribution in [2.45, 2.75) is 18.6 Å². The van der Waals surface area contributed by atoms with Gasteiger partial charge >= 0.3 is 0 Å². The zero-order valence-electron chi connectivity index (χ0n) is 12.0. The van der Waals surface area contributed by atoms with Crippen LogP contribution in [0, 0.1) is 11.8 Å². The van der Waals surface area contributed by atoms with E-state index in [9.17, 15) is 8.42 Å². The van der Waals surface area contributed by atoms with Crippen LogP contribution < -0.4 is 0 Å². The Balaban J connectivity index is 2.02. The summed E-state index contributed by atoms with van der Waals surface area (Å²) in [5.74, 6) is 0.506. The van der Waals surface area contributed by atoms with E-state index < -0.39 is 15.3 Å². The van der Waals surface area contributed by atoms with E-state index in [4.69, 9.17) is 0 Å². The Bertz CT molecular complexity index is 470. The Morgan fingerprint density at radius 3 is 2.58 bits per heavy atom. The lowest BCUT2D eigenvalue weighted by molar-refractivity contribution is 0.354. The lowest BCUT2D eigenvalue weighted by atomic mass is 10.0. The molecule has 2 unspecified atom stereocenters. The van der Waals surface area contributed by atoms with Crippen molar-refractivity contribution in [1.29, 1.82) is 0 Å². The first kappa shape index (κ1) is 14.8. The SMILES string of the molecule is CC1C=CC=CC1S(=O)(=O)N(C)C[C@H]1CCN(C)C1. The monoisotopic (exact) mass is 284 g/mol. The van der Waals surface area contributed by atoms with Crippen LogP contribution >= 0.6 is 0 Å². The summed E-state index contributed by atoms with van der Waals surface area (Å²) in [5, 5.41) is -0.415. The van der Waals surface area contributed by atoms with Crippen LogP contribution in [0.4, 0.5) is 0 Å². The molecule has 2 aliphatic rings. The zero-order valence-corrected chi connectivity index (χ0v) is 12.8. The van der Waals surface area contributed by atoms with Crippen molar-refractivity contribution in [1.82, 2.24) is 9.21 Å². The molecule has 0 aromatic heterocycles. The van der Waals surface area contributed by atoms with Crippen LogP contribution in [-0.4, -0.2) is 56.6 Å². The van der Waals surface area contributed by atoms with E-state index in [0.717, 1.165) is 19.5 Å². The summed E-state index contributed by atoms with van der Waals surface area (Å²) < 4.78 is 26.7. The topological polar surface area (TPSA) is 40.6 Å². The minimum atomic E-state index is -3.24. The van der Waals surface area contributed by atoms with E-state index in [1.807, 2.05) is 25.2 Å². The molecule has 5 heteroatoms. The molecule has 1 aliphatic heterocycles. The standard InChI is InChI=1S/C14H24N2O2S/c1-12-6-4-5-7-14(12)19(17,18)16(3)11-13-8-9-15(2)10-13/h4-7,12-14H,8-11H2,1-3H3/t12?,13-,14?/m0/s1. The van der Waals surface area contributed by atoms with Crippen molar-refractivity contribution in [3.8, 4) is 0 Å². The summed E-state index contributed by atoms with van der Waals surface area (Å²) in [6.07, 6.45) is 8.60. The number of sulfonamides is 1. The maximum atomic E-state index is 12.6. The van der Waals surface area contributed by atoms with Crippen molar-refractivity contribution in [2.75, 3.05) is 33.7 Å². The second kappa shape index (κ2) is 5.77. The molecule has 108 valence electrons. The minimum absolute atomic E-state index is 0.0451. The predicted octanol–water partition coefficient (Wildman–Crippen LogP) is 1.33. The van der Waals surface area contributed by atoms with Gasteiger partial charge in [0, 0.05) is 20.1 Å². The molecule has 2 rings (SSSR count). The highest BCUT2D eigenvalue weighted by Gasteiger charge is 2.34. The van der Waals surface area contributed by atoms with E-state index in [0.29, 0.717) is 12.5 Å². The third-order valence-electron chi connectivity index (χ3n) is 4.13. The van der Waals surface area contributed by atoms with Crippen molar-refractivity contribution < 1.29 is 8.42 Å². The van der Waals surface area contributed by atoms with Crippen LogP contribution in [0.15, 0.2) is 24.3 Å². The van der Waals surface area contributed by atoms with Gasteiger partial charge in [-0.15, -0.1) is 0 Å². The average Bonchev–Trinajstić information content (AvgIpc) is 2.75. The Hall–Kier alpha value is -0.650. The first-order valence-electron chi connectivity index (χ1n) is 6.90. The van der Waals surface area contributed by atoms with E-state index >= 15 is 0 Å².